The van der Waals surface area contributed by atoms with E-state index in [9.17, 15) is 0 Å². The highest BCUT2D eigenvalue weighted by Gasteiger charge is 2.36. The van der Waals surface area contributed by atoms with Gasteiger partial charge in [-0.3, -0.25) is 0 Å². The minimum atomic E-state index is -0.434. The van der Waals surface area contributed by atoms with Gasteiger partial charge in [-0.15, -0.1) is 11.3 Å². The summed E-state index contributed by atoms with van der Waals surface area (Å²) < 4.78 is 10.7. The van der Waals surface area contributed by atoms with Crippen LogP contribution < -0.4 is 5.73 Å². The molecule has 1 saturated carbocycles. The van der Waals surface area contributed by atoms with E-state index >= 15 is 0 Å². The zero-order valence-electron chi connectivity index (χ0n) is 11.3. The third kappa shape index (κ3) is 2.18. The molecular formula is C14H14N4O2S. The third-order valence-corrected chi connectivity index (χ3v) is 4.82. The minimum Gasteiger partial charge on any atom is -0.462 e. The number of rotatable bonds is 3. The summed E-state index contributed by atoms with van der Waals surface area (Å²) in [5, 5.41) is 4.85. The SMILES string of the molecule is NC1(c2noc(-c3cnc(-c4ccco4)s3)n2)CCCC1. The minimum absolute atomic E-state index is 0.434. The maximum absolute atomic E-state index is 6.34. The van der Waals surface area contributed by atoms with Crippen molar-refractivity contribution in [3.05, 3.63) is 30.4 Å². The Hall–Kier alpha value is -1.99. The average Bonchev–Trinajstić information content (AvgIpc) is 3.25. The molecule has 2 N–H and O–H groups in total. The fourth-order valence-corrected chi connectivity index (χ4v) is 3.45. The molecule has 0 atom stereocenters. The predicted molar refractivity (Wildman–Crippen MR) is 77.4 cm³/mol. The second-order valence-corrected chi connectivity index (χ2v) is 6.32. The summed E-state index contributed by atoms with van der Waals surface area (Å²) in [6.45, 7) is 0. The molecule has 0 radical (unpaired) electrons. The van der Waals surface area contributed by atoms with Gasteiger partial charge >= 0.3 is 0 Å². The van der Waals surface area contributed by atoms with Crippen LogP contribution >= 0.6 is 11.3 Å². The van der Waals surface area contributed by atoms with Crippen LogP contribution in [0.15, 0.2) is 33.5 Å². The lowest BCUT2D eigenvalue weighted by molar-refractivity contribution is 0.373. The number of hydrogen-bond acceptors (Lipinski definition) is 7. The largest absolute Gasteiger partial charge is 0.462 e. The summed E-state index contributed by atoms with van der Waals surface area (Å²) in [6.07, 6.45) is 7.39. The van der Waals surface area contributed by atoms with Crippen LogP contribution in [0.3, 0.4) is 0 Å². The molecule has 0 bridgehead atoms. The van der Waals surface area contributed by atoms with Crippen molar-refractivity contribution in [1.82, 2.24) is 15.1 Å². The predicted octanol–water partition coefficient (Wildman–Crippen LogP) is 3.18. The highest BCUT2D eigenvalue weighted by Crippen LogP contribution is 2.37. The van der Waals surface area contributed by atoms with Crippen molar-refractivity contribution in [2.24, 2.45) is 5.73 Å². The Bertz CT molecular complexity index is 741. The van der Waals surface area contributed by atoms with Crippen LogP contribution in [0.5, 0.6) is 0 Å². The molecule has 3 aromatic heterocycles. The first-order chi connectivity index (χ1) is 10.2. The molecule has 0 aliphatic heterocycles. The van der Waals surface area contributed by atoms with E-state index < -0.39 is 5.54 Å². The van der Waals surface area contributed by atoms with Gasteiger partial charge in [-0.2, -0.15) is 4.98 Å². The first kappa shape index (κ1) is 12.7. The van der Waals surface area contributed by atoms with Crippen LogP contribution in [0, 0.1) is 0 Å². The van der Waals surface area contributed by atoms with Crippen molar-refractivity contribution >= 4 is 11.3 Å². The van der Waals surface area contributed by atoms with Gasteiger partial charge < -0.3 is 14.7 Å². The van der Waals surface area contributed by atoms with Gasteiger partial charge in [0.25, 0.3) is 5.89 Å². The lowest BCUT2D eigenvalue weighted by Crippen LogP contribution is -2.34. The molecule has 1 aliphatic rings. The number of thiazole rings is 1. The summed E-state index contributed by atoms with van der Waals surface area (Å²) >= 11 is 1.46. The van der Waals surface area contributed by atoms with E-state index in [0.717, 1.165) is 41.3 Å². The first-order valence-corrected chi connectivity index (χ1v) is 7.69. The molecule has 7 heteroatoms. The second kappa shape index (κ2) is 4.78. The van der Waals surface area contributed by atoms with Gasteiger partial charge in [0, 0.05) is 0 Å². The molecule has 0 aromatic carbocycles. The monoisotopic (exact) mass is 302 g/mol. The van der Waals surface area contributed by atoms with Crippen molar-refractivity contribution in [1.29, 1.82) is 0 Å². The summed E-state index contributed by atoms with van der Waals surface area (Å²) in [6, 6.07) is 3.70. The van der Waals surface area contributed by atoms with Crippen LogP contribution in [-0.4, -0.2) is 15.1 Å². The number of furan rings is 1. The number of nitrogens with two attached hydrogens (primary N) is 1. The summed E-state index contributed by atoms with van der Waals surface area (Å²) in [7, 11) is 0. The van der Waals surface area contributed by atoms with Gasteiger partial charge in [0.05, 0.1) is 18.0 Å². The molecular weight excluding hydrogens is 288 g/mol. The summed E-state index contributed by atoms with van der Waals surface area (Å²) in [5.74, 6) is 1.80. The molecule has 0 saturated heterocycles. The first-order valence-electron chi connectivity index (χ1n) is 6.88. The molecule has 1 fully saturated rings. The van der Waals surface area contributed by atoms with Crippen molar-refractivity contribution in [3.8, 4) is 21.5 Å². The topological polar surface area (TPSA) is 91.0 Å². The Morgan fingerprint density at radius 3 is 2.90 bits per heavy atom. The van der Waals surface area contributed by atoms with E-state index in [1.807, 2.05) is 12.1 Å². The van der Waals surface area contributed by atoms with Crippen molar-refractivity contribution < 1.29 is 8.94 Å². The maximum Gasteiger partial charge on any atom is 0.269 e. The highest BCUT2D eigenvalue weighted by atomic mass is 32.1. The smallest absolute Gasteiger partial charge is 0.269 e. The Morgan fingerprint density at radius 1 is 1.29 bits per heavy atom. The fourth-order valence-electron chi connectivity index (χ4n) is 2.64. The number of hydrogen-bond donors (Lipinski definition) is 1. The molecule has 0 unspecified atom stereocenters. The van der Waals surface area contributed by atoms with E-state index in [1.54, 1.807) is 12.5 Å². The quantitative estimate of drug-likeness (QED) is 0.799. The average molecular weight is 302 g/mol. The van der Waals surface area contributed by atoms with E-state index in [2.05, 4.69) is 15.1 Å². The van der Waals surface area contributed by atoms with E-state index in [1.165, 1.54) is 11.3 Å². The Balaban J connectivity index is 1.64. The molecule has 1 aliphatic carbocycles. The lowest BCUT2D eigenvalue weighted by atomic mass is 9.99. The fraction of sp³-hybridized carbons (Fsp3) is 0.357. The molecule has 108 valence electrons. The van der Waals surface area contributed by atoms with Crippen molar-refractivity contribution in [3.63, 3.8) is 0 Å². The van der Waals surface area contributed by atoms with Gasteiger partial charge in [0.1, 0.15) is 4.88 Å². The number of nitrogens with zero attached hydrogens (tertiary/aromatic N) is 3. The molecule has 21 heavy (non-hydrogen) atoms. The van der Waals surface area contributed by atoms with Crippen LogP contribution in [0.1, 0.15) is 31.5 Å². The molecule has 6 nitrogen and oxygen atoms in total. The summed E-state index contributed by atoms with van der Waals surface area (Å²) in [4.78, 5) is 9.61. The van der Waals surface area contributed by atoms with Gasteiger partial charge in [-0.05, 0) is 25.0 Å². The zero-order chi connectivity index (χ0) is 14.3. The standard InChI is InChI=1S/C14H14N4O2S/c15-14(5-1-2-6-14)13-17-11(20-18-13)10-8-16-12(21-10)9-4-3-7-19-9/h3-4,7-8H,1-2,5-6,15H2. The third-order valence-electron chi connectivity index (χ3n) is 3.82. The molecule has 3 aromatic rings. The Labute approximate surface area is 125 Å². The Morgan fingerprint density at radius 2 is 2.14 bits per heavy atom. The van der Waals surface area contributed by atoms with Gasteiger partial charge in [-0.1, -0.05) is 18.0 Å². The molecule has 0 amide bonds. The van der Waals surface area contributed by atoms with E-state index in [0.29, 0.717) is 11.7 Å². The van der Waals surface area contributed by atoms with Crippen LogP contribution in [-0.2, 0) is 5.54 Å². The van der Waals surface area contributed by atoms with Gasteiger partial charge in [0.2, 0.25) is 0 Å². The van der Waals surface area contributed by atoms with Crippen molar-refractivity contribution in [2.75, 3.05) is 0 Å². The normalized spacial score (nSPS) is 17.4. The van der Waals surface area contributed by atoms with Crippen molar-refractivity contribution in [2.45, 2.75) is 31.2 Å². The molecule has 0 spiro atoms. The van der Waals surface area contributed by atoms with Crippen LogP contribution in [0.25, 0.3) is 21.5 Å². The number of aromatic nitrogens is 3. The zero-order valence-corrected chi connectivity index (χ0v) is 12.1. The molecule has 4 rings (SSSR count). The second-order valence-electron chi connectivity index (χ2n) is 5.29. The maximum atomic E-state index is 6.34. The Kier molecular flexibility index (Phi) is 2.90. The van der Waals surface area contributed by atoms with Gasteiger partial charge in [0.15, 0.2) is 16.6 Å². The van der Waals surface area contributed by atoms with Crippen LogP contribution in [0.4, 0.5) is 0 Å². The summed E-state index contributed by atoms with van der Waals surface area (Å²) in [5.41, 5.74) is 5.91. The van der Waals surface area contributed by atoms with E-state index in [4.69, 9.17) is 14.7 Å². The molecule has 3 heterocycles. The highest BCUT2D eigenvalue weighted by molar-refractivity contribution is 7.18. The lowest BCUT2D eigenvalue weighted by Gasteiger charge is -2.17. The van der Waals surface area contributed by atoms with E-state index in [-0.39, 0.29) is 0 Å². The van der Waals surface area contributed by atoms with Gasteiger partial charge in [-0.25, -0.2) is 4.98 Å². The van der Waals surface area contributed by atoms with Crippen LogP contribution in [0.2, 0.25) is 0 Å².